The SMILES string of the molecule is CC(NC(=O)OC(C)(C)C)C1=NC(c2ccccc2)=C[NH2+]1. The smallest absolute Gasteiger partial charge is 0.408 e. The fourth-order valence-electron chi connectivity index (χ4n) is 1.95. The van der Waals surface area contributed by atoms with Gasteiger partial charge in [-0.2, -0.15) is 4.99 Å². The number of amides is 1. The summed E-state index contributed by atoms with van der Waals surface area (Å²) >= 11 is 0. The zero-order chi connectivity index (χ0) is 15.5. The van der Waals surface area contributed by atoms with Crippen LogP contribution in [-0.2, 0) is 4.74 Å². The Kier molecular flexibility index (Phi) is 4.43. The molecular formula is C16H22N3O2+. The minimum Gasteiger partial charge on any atom is -0.444 e. The van der Waals surface area contributed by atoms with E-state index in [0.717, 1.165) is 17.1 Å². The number of nitrogens with zero attached hydrogens (tertiary/aromatic N) is 1. The van der Waals surface area contributed by atoms with Gasteiger partial charge in [0, 0.05) is 5.56 Å². The van der Waals surface area contributed by atoms with Gasteiger partial charge in [-0.3, -0.25) is 5.32 Å². The predicted octanol–water partition coefficient (Wildman–Crippen LogP) is 1.87. The first-order chi connectivity index (χ1) is 9.85. The topological polar surface area (TPSA) is 67.3 Å². The second kappa shape index (κ2) is 6.10. The van der Waals surface area contributed by atoms with Gasteiger partial charge in [-0.25, -0.2) is 4.79 Å². The fraction of sp³-hybridized carbons (Fsp3) is 0.375. The molecule has 0 fully saturated rings. The van der Waals surface area contributed by atoms with E-state index >= 15 is 0 Å². The van der Waals surface area contributed by atoms with Crippen LogP contribution in [0.5, 0.6) is 0 Å². The fourth-order valence-corrected chi connectivity index (χ4v) is 1.95. The maximum absolute atomic E-state index is 11.8. The van der Waals surface area contributed by atoms with Gasteiger partial charge in [0.05, 0.1) is 0 Å². The highest BCUT2D eigenvalue weighted by Crippen LogP contribution is 2.16. The molecule has 1 heterocycles. The lowest BCUT2D eigenvalue weighted by Gasteiger charge is -2.21. The highest BCUT2D eigenvalue weighted by molar-refractivity contribution is 5.90. The van der Waals surface area contributed by atoms with Gasteiger partial charge in [-0.1, -0.05) is 30.3 Å². The summed E-state index contributed by atoms with van der Waals surface area (Å²) in [5.41, 5.74) is 1.47. The van der Waals surface area contributed by atoms with Crippen LogP contribution in [0.2, 0.25) is 0 Å². The van der Waals surface area contributed by atoms with Crippen molar-refractivity contribution in [3.63, 3.8) is 0 Å². The number of rotatable bonds is 3. The number of alkyl carbamates (subject to hydrolysis) is 1. The van der Waals surface area contributed by atoms with Crippen molar-refractivity contribution >= 4 is 17.6 Å². The van der Waals surface area contributed by atoms with E-state index in [-0.39, 0.29) is 6.04 Å². The Morgan fingerprint density at radius 1 is 1.29 bits per heavy atom. The van der Waals surface area contributed by atoms with E-state index < -0.39 is 11.7 Å². The molecule has 0 aliphatic carbocycles. The highest BCUT2D eigenvalue weighted by Gasteiger charge is 2.24. The van der Waals surface area contributed by atoms with Crippen molar-refractivity contribution in [3.8, 4) is 0 Å². The molecule has 112 valence electrons. The molecule has 1 aromatic carbocycles. The Hall–Kier alpha value is -2.14. The van der Waals surface area contributed by atoms with E-state index in [2.05, 4.69) is 10.3 Å². The summed E-state index contributed by atoms with van der Waals surface area (Å²) in [6.07, 6.45) is 1.53. The largest absolute Gasteiger partial charge is 0.444 e. The van der Waals surface area contributed by atoms with E-state index in [9.17, 15) is 4.79 Å². The van der Waals surface area contributed by atoms with Gasteiger partial charge in [0.15, 0.2) is 0 Å². The molecule has 0 radical (unpaired) electrons. The van der Waals surface area contributed by atoms with Crippen molar-refractivity contribution < 1.29 is 14.8 Å². The number of nitrogens with one attached hydrogen (secondary N) is 1. The summed E-state index contributed by atoms with van der Waals surface area (Å²) < 4.78 is 5.24. The minimum absolute atomic E-state index is 0.197. The van der Waals surface area contributed by atoms with E-state index in [1.165, 1.54) is 0 Å². The van der Waals surface area contributed by atoms with E-state index in [1.807, 2.05) is 69.5 Å². The van der Waals surface area contributed by atoms with Gasteiger partial charge >= 0.3 is 6.09 Å². The van der Waals surface area contributed by atoms with Crippen LogP contribution < -0.4 is 10.6 Å². The average molecular weight is 288 g/mol. The molecule has 0 spiro atoms. The van der Waals surface area contributed by atoms with Gasteiger partial charge in [0.25, 0.3) is 0 Å². The summed E-state index contributed by atoms with van der Waals surface area (Å²) in [5, 5.41) is 4.71. The summed E-state index contributed by atoms with van der Waals surface area (Å²) in [6.45, 7) is 7.41. The Labute approximate surface area is 125 Å². The summed E-state index contributed by atoms with van der Waals surface area (Å²) in [6, 6.07) is 9.76. The minimum atomic E-state index is -0.502. The van der Waals surface area contributed by atoms with Crippen molar-refractivity contribution in [3.05, 3.63) is 42.1 Å². The zero-order valence-electron chi connectivity index (χ0n) is 12.9. The molecule has 3 N–H and O–H groups in total. The van der Waals surface area contributed by atoms with Crippen molar-refractivity contribution in [1.29, 1.82) is 0 Å². The van der Waals surface area contributed by atoms with E-state index in [0.29, 0.717) is 0 Å². The Morgan fingerprint density at radius 3 is 2.57 bits per heavy atom. The van der Waals surface area contributed by atoms with E-state index in [4.69, 9.17) is 4.74 Å². The number of amidine groups is 1. The lowest BCUT2D eigenvalue weighted by Crippen LogP contribution is -2.84. The number of ether oxygens (including phenoxy) is 1. The van der Waals surface area contributed by atoms with Crippen LogP contribution in [0.4, 0.5) is 4.79 Å². The van der Waals surface area contributed by atoms with Crippen LogP contribution in [0.25, 0.3) is 5.70 Å². The molecule has 0 bridgehead atoms. The number of benzene rings is 1. The molecule has 2 rings (SSSR count). The summed E-state index contributed by atoms with van der Waals surface area (Å²) in [7, 11) is 0. The molecule has 0 saturated carbocycles. The van der Waals surface area contributed by atoms with Crippen LogP contribution in [0.3, 0.4) is 0 Å². The molecule has 1 amide bonds. The number of quaternary nitrogens is 1. The highest BCUT2D eigenvalue weighted by atomic mass is 16.6. The lowest BCUT2D eigenvalue weighted by molar-refractivity contribution is -0.460. The van der Waals surface area contributed by atoms with Crippen molar-refractivity contribution in [2.24, 2.45) is 4.99 Å². The Bertz CT molecular complexity index is 571. The second-order valence-corrected chi connectivity index (χ2v) is 5.99. The second-order valence-electron chi connectivity index (χ2n) is 5.99. The molecule has 1 aliphatic heterocycles. The number of nitrogens with two attached hydrogens (primary N) is 1. The first kappa shape index (κ1) is 15.3. The molecule has 1 unspecified atom stereocenters. The number of carbonyl (C=O) groups excluding carboxylic acids is 1. The first-order valence-corrected chi connectivity index (χ1v) is 7.04. The Balaban J connectivity index is 1.96. The molecule has 0 aromatic heterocycles. The van der Waals surface area contributed by atoms with Gasteiger partial charge in [0.2, 0.25) is 5.84 Å². The molecule has 0 saturated heterocycles. The number of aliphatic imine (C=N–C) groups is 1. The predicted molar refractivity (Wildman–Crippen MR) is 82.6 cm³/mol. The summed E-state index contributed by atoms with van der Waals surface area (Å²) in [5.74, 6) is 0.819. The Morgan fingerprint density at radius 2 is 1.95 bits per heavy atom. The third-order valence-electron chi connectivity index (χ3n) is 2.91. The van der Waals surface area contributed by atoms with Gasteiger partial charge in [-0.05, 0) is 27.7 Å². The number of carbonyl (C=O) groups is 1. The maximum atomic E-state index is 11.8. The monoisotopic (exact) mass is 288 g/mol. The van der Waals surface area contributed by atoms with Gasteiger partial charge in [0.1, 0.15) is 23.5 Å². The molecular weight excluding hydrogens is 266 g/mol. The molecule has 21 heavy (non-hydrogen) atoms. The molecule has 1 atom stereocenters. The van der Waals surface area contributed by atoms with Crippen LogP contribution in [-0.4, -0.2) is 23.6 Å². The van der Waals surface area contributed by atoms with Crippen molar-refractivity contribution in [2.45, 2.75) is 39.3 Å². The quantitative estimate of drug-likeness (QED) is 0.891. The van der Waals surface area contributed by atoms with Gasteiger partial charge < -0.3 is 10.1 Å². The number of hydrogen-bond donors (Lipinski definition) is 2. The standard InChI is InChI=1S/C16H21N3O2/c1-11(18-15(20)21-16(2,3)4)14-17-10-13(19-14)12-8-6-5-7-9-12/h5-11H,1-4H3,(H,17,19)(H,18,20)/p+1. The van der Waals surface area contributed by atoms with Crippen LogP contribution >= 0.6 is 0 Å². The van der Waals surface area contributed by atoms with Crippen LogP contribution in [0, 0.1) is 0 Å². The third kappa shape index (κ3) is 4.43. The zero-order valence-corrected chi connectivity index (χ0v) is 12.9. The molecule has 5 heteroatoms. The average Bonchev–Trinajstić information content (AvgIpc) is 2.87. The molecule has 1 aromatic rings. The lowest BCUT2D eigenvalue weighted by atomic mass is 10.2. The molecule has 5 nitrogen and oxygen atoms in total. The maximum Gasteiger partial charge on any atom is 0.408 e. The molecule has 1 aliphatic rings. The van der Waals surface area contributed by atoms with Crippen LogP contribution in [0.15, 0.2) is 41.5 Å². The van der Waals surface area contributed by atoms with Crippen molar-refractivity contribution in [2.75, 3.05) is 0 Å². The summed E-state index contributed by atoms with van der Waals surface area (Å²) in [4.78, 5) is 16.3. The normalized spacial score (nSPS) is 16.0. The third-order valence-corrected chi connectivity index (χ3v) is 2.91. The van der Waals surface area contributed by atoms with Crippen LogP contribution in [0.1, 0.15) is 33.3 Å². The van der Waals surface area contributed by atoms with E-state index in [1.54, 1.807) is 0 Å². The van der Waals surface area contributed by atoms with Crippen molar-refractivity contribution in [1.82, 2.24) is 5.32 Å². The number of hydrogen-bond acceptors (Lipinski definition) is 3. The van der Waals surface area contributed by atoms with Gasteiger partial charge in [-0.15, -0.1) is 0 Å². The first-order valence-electron chi connectivity index (χ1n) is 7.04.